The molecule has 0 spiro atoms. The summed E-state index contributed by atoms with van der Waals surface area (Å²) in [5.74, 6) is 0. The number of aldehydes is 1. The number of rotatable bonds is 17. The third-order valence-corrected chi connectivity index (χ3v) is 4.11. The summed E-state index contributed by atoms with van der Waals surface area (Å²) in [5, 5.41) is 21.3. The Labute approximate surface area is 163 Å². The number of aliphatic hydroxyl groups is 1. The van der Waals surface area contributed by atoms with Crippen molar-refractivity contribution in [2.24, 2.45) is 0 Å². The van der Waals surface area contributed by atoms with Gasteiger partial charge in [-0.25, -0.2) is 0 Å². The van der Waals surface area contributed by atoms with E-state index in [9.17, 15) is 20.0 Å². The zero-order valence-corrected chi connectivity index (χ0v) is 16.5. The van der Waals surface area contributed by atoms with E-state index < -0.39 is 17.1 Å². The van der Waals surface area contributed by atoms with Gasteiger partial charge in [0.15, 0.2) is 0 Å². The molecule has 0 aliphatic heterocycles. The van der Waals surface area contributed by atoms with Gasteiger partial charge in [0.2, 0.25) is 6.04 Å². The van der Waals surface area contributed by atoms with Crippen molar-refractivity contribution in [3.63, 3.8) is 0 Å². The second kappa shape index (κ2) is 18.8. The van der Waals surface area contributed by atoms with Crippen molar-refractivity contribution in [1.82, 2.24) is 0 Å². The molecule has 5 nitrogen and oxygen atoms in total. The van der Waals surface area contributed by atoms with Crippen LogP contribution in [0.1, 0.15) is 71.1 Å². The van der Waals surface area contributed by atoms with Crippen molar-refractivity contribution in [3.8, 4) is 0 Å². The lowest BCUT2D eigenvalue weighted by Crippen LogP contribution is -2.32. The predicted molar refractivity (Wildman–Crippen MR) is 111 cm³/mol. The van der Waals surface area contributed by atoms with Gasteiger partial charge in [-0.15, -0.1) is 0 Å². The first-order valence-electron chi connectivity index (χ1n) is 9.98. The molecule has 0 saturated carbocycles. The van der Waals surface area contributed by atoms with Gasteiger partial charge in [-0.2, -0.15) is 0 Å². The van der Waals surface area contributed by atoms with Crippen LogP contribution in [0.25, 0.3) is 0 Å². The molecule has 0 heterocycles. The Bertz CT molecular complexity index is 495. The van der Waals surface area contributed by atoms with Crippen LogP contribution in [-0.2, 0) is 4.79 Å². The van der Waals surface area contributed by atoms with Crippen molar-refractivity contribution in [1.29, 1.82) is 0 Å². The first kappa shape index (κ1) is 25.0. The van der Waals surface area contributed by atoms with Crippen LogP contribution in [0.15, 0.2) is 48.6 Å². The van der Waals surface area contributed by atoms with Crippen molar-refractivity contribution in [3.05, 3.63) is 58.7 Å². The Balaban J connectivity index is 4.11. The maximum Gasteiger partial charge on any atom is 0.242 e. The number of carbonyl (C=O) groups is 1. The summed E-state index contributed by atoms with van der Waals surface area (Å²) in [6.45, 7) is 2.18. The minimum absolute atomic E-state index is 0.233. The standard InChI is InChI=1S/C22H35NO4/c1-2-3-4-5-6-7-9-12-15-18-21(23(26)27)22(25)19-16-13-10-8-11-14-17-20-24/h6-8,11-13,15-16,20-22,25H,2-5,9-10,14,17-19H2,1H3/b7-6-,11-8-,15-12-,16-13-. The van der Waals surface area contributed by atoms with Crippen LogP contribution in [-0.4, -0.2) is 28.5 Å². The van der Waals surface area contributed by atoms with E-state index in [-0.39, 0.29) is 12.8 Å². The highest BCUT2D eigenvalue weighted by Crippen LogP contribution is 2.10. The molecule has 0 radical (unpaired) electrons. The summed E-state index contributed by atoms with van der Waals surface area (Å²) < 4.78 is 0. The van der Waals surface area contributed by atoms with Crippen LogP contribution in [0, 0.1) is 10.1 Å². The maximum atomic E-state index is 11.2. The van der Waals surface area contributed by atoms with Crippen molar-refractivity contribution >= 4 is 6.29 Å². The van der Waals surface area contributed by atoms with Crippen LogP contribution >= 0.6 is 0 Å². The van der Waals surface area contributed by atoms with Gasteiger partial charge in [0.05, 0.1) is 0 Å². The number of hydrogen-bond acceptors (Lipinski definition) is 4. The second-order valence-electron chi connectivity index (χ2n) is 6.49. The molecule has 0 aliphatic carbocycles. The lowest BCUT2D eigenvalue weighted by molar-refractivity contribution is -0.533. The van der Waals surface area contributed by atoms with Crippen LogP contribution in [0.3, 0.4) is 0 Å². The minimum Gasteiger partial charge on any atom is -0.386 e. The van der Waals surface area contributed by atoms with Crippen molar-refractivity contribution in [2.45, 2.75) is 83.3 Å². The lowest BCUT2D eigenvalue weighted by Gasteiger charge is -2.12. The Hall–Kier alpha value is -2.01. The SMILES string of the molecule is CCCCC/C=C\C/C=C\CC(C(O)C/C=C\C/C=C\CCC=O)[N+](=O)[O-]. The summed E-state index contributed by atoms with van der Waals surface area (Å²) in [5.41, 5.74) is 0. The quantitative estimate of drug-likeness (QED) is 0.122. The van der Waals surface area contributed by atoms with Crippen LogP contribution in [0.2, 0.25) is 0 Å². The molecule has 0 aromatic heterocycles. The average molecular weight is 378 g/mol. The van der Waals surface area contributed by atoms with Gasteiger partial charge in [0.25, 0.3) is 0 Å². The third kappa shape index (κ3) is 15.9. The monoisotopic (exact) mass is 377 g/mol. The molecule has 1 N–H and O–H groups in total. The van der Waals surface area contributed by atoms with Crippen LogP contribution in [0.5, 0.6) is 0 Å². The number of aliphatic hydroxyl groups excluding tert-OH is 1. The molecule has 2 atom stereocenters. The first-order valence-corrected chi connectivity index (χ1v) is 9.98. The number of unbranched alkanes of at least 4 members (excludes halogenated alkanes) is 4. The van der Waals surface area contributed by atoms with E-state index in [0.29, 0.717) is 12.8 Å². The molecule has 2 unspecified atom stereocenters. The predicted octanol–water partition coefficient (Wildman–Crippen LogP) is 5.34. The van der Waals surface area contributed by atoms with E-state index in [2.05, 4.69) is 19.1 Å². The van der Waals surface area contributed by atoms with E-state index in [1.807, 2.05) is 24.3 Å². The normalized spacial score (nSPS) is 14.6. The highest BCUT2D eigenvalue weighted by molar-refractivity contribution is 5.49. The van der Waals surface area contributed by atoms with E-state index in [0.717, 1.165) is 25.5 Å². The molecule has 0 aliphatic rings. The molecule has 0 aromatic carbocycles. The summed E-state index contributed by atoms with van der Waals surface area (Å²) >= 11 is 0. The molecule has 27 heavy (non-hydrogen) atoms. The fraction of sp³-hybridized carbons (Fsp3) is 0.591. The minimum atomic E-state index is -0.996. The number of hydrogen-bond donors (Lipinski definition) is 1. The molecule has 152 valence electrons. The molecule has 0 bridgehead atoms. The highest BCUT2D eigenvalue weighted by Gasteiger charge is 2.27. The molecule has 0 rings (SSSR count). The van der Waals surface area contributed by atoms with Crippen molar-refractivity contribution < 1.29 is 14.8 Å². The van der Waals surface area contributed by atoms with Gasteiger partial charge in [-0.1, -0.05) is 68.4 Å². The van der Waals surface area contributed by atoms with E-state index in [4.69, 9.17) is 0 Å². The number of nitrogens with zero attached hydrogens (tertiary/aromatic N) is 1. The first-order chi connectivity index (χ1) is 13.1. The maximum absolute atomic E-state index is 11.2. The van der Waals surface area contributed by atoms with Gasteiger partial charge < -0.3 is 9.90 Å². The summed E-state index contributed by atoms with van der Waals surface area (Å²) in [6.07, 6.45) is 23.3. The smallest absolute Gasteiger partial charge is 0.242 e. The van der Waals surface area contributed by atoms with E-state index in [1.54, 1.807) is 12.2 Å². The second-order valence-corrected chi connectivity index (χ2v) is 6.49. The molecule has 0 aromatic rings. The largest absolute Gasteiger partial charge is 0.386 e. The fourth-order valence-electron chi connectivity index (χ4n) is 2.47. The molecular formula is C22H35NO4. The van der Waals surface area contributed by atoms with E-state index >= 15 is 0 Å². The van der Waals surface area contributed by atoms with Gasteiger partial charge in [-0.3, -0.25) is 10.1 Å². The van der Waals surface area contributed by atoms with E-state index in [1.165, 1.54) is 19.3 Å². The Morgan fingerprint density at radius 2 is 1.44 bits per heavy atom. The zero-order valence-electron chi connectivity index (χ0n) is 16.5. The van der Waals surface area contributed by atoms with Gasteiger partial charge in [-0.05, 0) is 38.5 Å². The fourth-order valence-corrected chi connectivity index (χ4v) is 2.47. The Morgan fingerprint density at radius 1 is 0.852 bits per heavy atom. The van der Waals surface area contributed by atoms with Crippen LogP contribution < -0.4 is 0 Å². The molecule has 5 heteroatoms. The number of nitro groups is 1. The van der Waals surface area contributed by atoms with Crippen molar-refractivity contribution in [2.75, 3.05) is 0 Å². The molecular weight excluding hydrogens is 342 g/mol. The highest BCUT2D eigenvalue weighted by atomic mass is 16.6. The topological polar surface area (TPSA) is 80.4 Å². The zero-order chi connectivity index (χ0) is 20.2. The van der Waals surface area contributed by atoms with Gasteiger partial charge in [0, 0.05) is 17.8 Å². The third-order valence-electron chi connectivity index (χ3n) is 4.11. The summed E-state index contributed by atoms with van der Waals surface area (Å²) in [4.78, 5) is 20.9. The Morgan fingerprint density at radius 3 is 2.04 bits per heavy atom. The molecule has 0 amide bonds. The van der Waals surface area contributed by atoms with Gasteiger partial charge >= 0.3 is 0 Å². The summed E-state index contributed by atoms with van der Waals surface area (Å²) in [6, 6.07) is -0.984. The number of carbonyl (C=O) groups excluding carboxylic acids is 1. The molecule has 0 fully saturated rings. The number of allylic oxidation sites excluding steroid dienone is 6. The average Bonchev–Trinajstić information content (AvgIpc) is 2.65. The van der Waals surface area contributed by atoms with Crippen LogP contribution in [0.4, 0.5) is 0 Å². The Kier molecular flexibility index (Phi) is 17.4. The summed E-state index contributed by atoms with van der Waals surface area (Å²) in [7, 11) is 0. The van der Waals surface area contributed by atoms with Gasteiger partial charge in [0.1, 0.15) is 12.4 Å². The lowest BCUT2D eigenvalue weighted by atomic mass is 10.0. The molecule has 0 saturated heterocycles.